The first-order chi connectivity index (χ1) is 9.97. The van der Waals surface area contributed by atoms with E-state index in [1.165, 1.54) is 4.90 Å². The minimum Gasteiger partial charge on any atom is -0.368 e. The van der Waals surface area contributed by atoms with E-state index in [4.69, 9.17) is 5.73 Å². The fourth-order valence-electron chi connectivity index (χ4n) is 2.00. The van der Waals surface area contributed by atoms with Gasteiger partial charge in [-0.15, -0.1) is 0 Å². The third-order valence-electron chi connectivity index (χ3n) is 3.19. The van der Waals surface area contributed by atoms with Gasteiger partial charge in [-0.2, -0.15) is 0 Å². The second-order valence-electron chi connectivity index (χ2n) is 4.81. The summed E-state index contributed by atoms with van der Waals surface area (Å²) in [6.07, 6.45) is 0. The first-order valence-electron chi connectivity index (χ1n) is 7.15. The Morgan fingerprint density at radius 3 is 2.33 bits per heavy atom. The standard InChI is InChI=1S/C15H24N4O2/c1-4-17-11(3)12-6-8-13(9-7-12)18-15(21)19(5-2)10-14(16)20/h6-9,11,17H,4-5,10H2,1-3H3,(H2,16,20)(H,18,21). The molecule has 0 radical (unpaired) electrons. The van der Waals surface area contributed by atoms with Crippen LogP contribution in [0.15, 0.2) is 24.3 Å². The average Bonchev–Trinajstić information content (AvgIpc) is 2.45. The number of nitrogens with one attached hydrogen (secondary N) is 2. The Hall–Kier alpha value is -2.08. The van der Waals surface area contributed by atoms with Crippen LogP contribution in [-0.4, -0.2) is 36.5 Å². The lowest BCUT2D eigenvalue weighted by atomic mass is 10.1. The van der Waals surface area contributed by atoms with E-state index in [0.717, 1.165) is 12.1 Å². The molecule has 21 heavy (non-hydrogen) atoms. The van der Waals surface area contributed by atoms with E-state index in [-0.39, 0.29) is 18.6 Å². The predicted molar refractivity (Wildman–Crippen MR) is 84.0 cm³/mol. The Kier molecular flexibility index (Phi) is 6.68. The average molecular weight is 292 g/mol. The number of carbonyl (C=O) groups is 2. The van der Waals surface area contributed by atoms with Crippen LogP contribution in [0.1, 0.15) is 32.4 Å². The summed E-state index contributed by atoms with van der Waals surface area (Å²) in [4.78, 5) is 24.3. The van der Waals surface area contributed by atoms with Crippen molar-refractivity contribution in [2.24, 2.45) is 5.73 Å². The number of primary amides is 1. The summed E-state index contributed by atoms with van der Waals surface area (Å²) in [7, 11) is 0. The van der Waals surface area contributed by atoms with E-state index in [0.29, 0.717) is 12.2 Å². The van der Waals surface area contributed by atoms with Gasteiger partial charge in [0.15, 0.2) is 0 Å². The Bertz CT molecular complexity index is 473. The largest absolute Gasteiger partial charge is 0.368 e. The predicted octanol–water partition coefficient (Wildman–Crippen LogP) is 1.70. The number of carbonyl (C=O) groups excluding carboxylic acids is 2. The minimum absolute atomic E-state index is 0.0854. The van der Waals surface area contributed by atoms with Gasteiger partial charge in [0.2, 0.25) is 5.91 Å². The van der Waals surface area contributed by atoms with Crippen molar-refractivity contribution in [3.05, 3.63) is 29.8 Å². The van der Waals surface area contributed by atoms with E-state index in [9.17, 15) is 9.59 Å². The molecule has 0 aliphatic carbocycles. The number of rotatable bonds is 7. The lowest BCUT2D eigenvalue weighted by Crippen LogP contribution is -2.40. The highest BCUT2D eigenvalue weighted by molar-refractivity contribution is 5.92. The fraction of sp³-hybridized carbons (Fsp3) is 0.467. The maximum Gasteiger partial charge on any atom is 0.322 e. The van der Waals surface area contributed by atoms with E-state index >= 15 is 0 Å². The molecule has 0 aromatic heterocycles. The minimum atomic E-state index is -0.526. The number of benzene rings is 1. The van der Waals surface area contributed by atoms with Crippen molar-refractivity contribution in [1.29, 1.82) is 0 Å². The van der Waals surface area contributed by atoms with Crippen LogP contribution in [0, 0.1) is 0 Å². The molecule has 4 N–H and O–H groups in total. The molecular formula is C15H24N4O2. The van der Waals surface area contributed by atoms with E-state index in [1.807, 2.05) is 24.3 Å². The molecule has 3 amide bonds. The zero-order valence-corrected chi connectivity index (χ0v) is 12.8. The zero-order chi connectivity index (χ0) is 15.8. The molecule has 0 aliphatic heterocycles. The lowest BCUT2D eigenvalue weighted by Gasteiger charge is -2.20. The van der Waals surface area contributed by atoms with E-state index in [1.54, 1.807) is 6.92 Å². The topological polar surface area (TPSA) is 87.5 Å². The summed E-state index contributed by atoms with van der Waals surface area (Å²) in [6.45, 7) is 7.18. The van der Waals surface area contributed by atoms with Gasteiger partial charge in [-0.3, -0.25) is 4.79 Å². The molecule has 1 aromatic rings. The second kappa shape index (κ2) is 8.26. The van der Waals surface area contributed by atoms with Crippen LogP contribution < -0.4 is 16.4 Å². The number of amides is 3. The Morgan fingerprint density at radius 2 is 1.86 bits per heavy atom. The molecule has 1 atom stereocenters. The van der Waals surface area contributed by atoms with Crippen LogP contribution >= 0.6 is 0 Å². The third-order valence-corrected chi connectivity index (χ3v) is 3.19. The smallest absolute Gasteiger partial charge is 0.322 e. The number of likely N-dealkylation sites (N-methyl/N-ethyl adjacent to an activating group) is 1. The SMILES string of the molecule is CCNC(C)c1ccc(NC(=O)N(CC)CC(N)=O)cc1. The highest BCUT2D eigenvalue weighted by Gasteiger charge is 2.14. The molecular weight excluding hydrogens is 268 g/mol. The van der Waals surface area contributed by atoms with Crippen LogP contribution in [0.5, 0.6) is 0 Å². The van der Waals surface area contributed by atoms with Crippen molar-refractivity contribution in [1.82, 2.24) is 10.2 Å². The summed E-state index contributed by atoms with van der Waals surface area (Å²) in [6, 6.07) is 7.56. The van der Waals surface area contributed by atoms with Crippen molar-refractivity contribution >= 4 is 17.6 Å². The van der Waals surface area contributed by atoms with Gasteiger partial charge in [0.1, 0.15) is 6.54 Å². The maximum absolute atomic E-state index is 12.0. The normalized spacial score (nSPS) is 11.8. The third kappa shape index (κ3) is 5.43. The van der Waals surface area contributed by atoms with Gasteiger partial charge < -0.3 is 21.3 Å². The molecule has 1 aromatic carbocycles. The van der Waals surface area contributed by atoms with Crippen LogP contribution in [0.25, 0.3) is 0 Å². The first-order valence-corrected chi connectivity index (χ1v) is 7.15. The van der Waals surface area contributed by atoms with Crippen molar-refractivity contribution < 1.29 is 9.59 Å². The number of urea groups is 1. The number of hydrogen-bond donors (Lipinski definition) is 3. The second-order valence-corrected chi connectivity index (χ2v) is 4.81. The Morgan fingerprint density at radius 1 is 1.24 bits per heavy atom. The fourth-order valence-corrected chi connectivity index (χ4v) is 2.00. The van der Waals surface area contributed by atoms with Crippen molar-refractivity contribution in [3.63, 3.8) is 0 Å². The zero-order valence-electron chi connectivity index (χ0n) is 12.8. The molecule has 0 aliphatic rings. The number of anilines is 1. The highest BCUT2D eigenvalue weighted by atomic mass is 16.2. The number of nitrogens with zero attached hydrogens (tertiary/aromatic N) is 1. The quantitative estimate of drug-likeness (QED) is 0.714. The number of hydrogen-bond acceptors (Lipinski definition) is 3. The van der Waals surface area contributed by atoms with Crippen LogP contribution in [0.2, 0.25) is 0 Å². The van der Waals surface area contributed by atoms with Crippen LogP contribution in [-0.2, 0) is 4.79 Å². The van der Waals surface area contributed by atoms with Gasteiger partial charge in [-0.25, -0.2) is 4.79 Å². The molecule has 0 bridgehead atoms. The van der Waals surface area contributed by atoms with Crippen molar-refractivity contribution in [2.75, 3.05) is 25.0 Å². The molecule has 6 heteroatoms. The Labute approximate surface area is 125 Å². The van der Waals surface area contributed by atoms with Gasteiger partial charge in [0.05, 0.1) is 0 Å². The summed E-state index contributed by atoms with van der Waals surface area (Å²) < 4.78 is 0. The van der Waals surface area contributed by atoms with Gasteiger partial charge in [0.25, 0.3) is 0 Å². The molecule has 0 heterocycles. The first kappa shape index (κ1) is 17.0. The molecule has 6 nitrogen and oxygen atoms in total. The Balaban J connectivity index is 2.66. The van der Waals surface area contributed by atoms with Gasteiger partial charge >= 0.3 is 6.03 Å². The molecule has 0 saturated carbocycles. The van der Waals surface area contributed by atoms with Crippen molar-refractivity contribution in [3.8, 4) is 0 Å². The van der Waals surface area contributed by atoms with Crippen LogP contribution in [0.4, 0.5) is 10.5 Å². The monoisotopic (exact) mass is 292 g/mol. The highest BCUT2D eigenvalue weighted by Crippen LogP contribution is 2.16. The maximum atomic E-state index is 12.0. The number of nitrogens with two attached hydrogens (primary N) is 1. The summed E-state index contributed by atoms with van der Waals surface area (Å²) in [5.74, 6) is -0.526. The summed E-state index contributed by atoms with van der Waals surface area (Å²) >= 11 is 0. The summed E-state index contributed by atoms with van der Waals surface area (Å²) in [5.41, 5.74) is 6.96. The van der Waals surface area contributed by atoms with Gasteiger partial charge in [-0.05, 0) is 38.1 Å². The lowest BCUT2D eigenvalue weighted by molar-refractivity contribution is -0.118. The van der Waals surface area contributed by atoms with Gasteiger partial charge in [0, 0.05) is 18.3 Å². The summed E-state index contributed by atoms with van der Waals surface area (Å²) in [5, 5.41) is 6.08. The van der Waals surface area contributed by atoms with Gasteiger partial charge in [-0.1, -0.05) is 19.1 Å². The molecule has 116 valence electrons. The molecule has 1 unspecified atom stereocenters. The van der Waals surface area contributed by atoms with E-state index < -0.39 is 5.91 Å². The molecule has 1 rings (SSSR count). The van der Waals surface area contributed by atoms with Crippen LogP contribution in [0.3, 0.4) is 0 Å². The van der Waals surface area contributed by atoms with E-state index in [2.05, 4.69) is 24.5 Å². The van der Waals surface area contributed by atoms with Crippen molar-refractivity contribution in [2.45, 2.75) is 26.8 Å². The molecule has 0 spiro atoms. The molecule has 0 fully saturated rings. The molecule has 0 saturated heterocycles.